The van der Waals surface area contributed by atoms with E-state index < -0.39 is 0 Å². The van der Waals surface area contributed by atoms with Crippen LogP contribution in [0.2, 0.25) is 0 Å². The number of hydrogen-bond acceptors (Lipinski definition) is 0. The lowest BCUT2D eigenvalue weighted by Crippen LogP contribution is -2.25. The molecule has 0 aromatic heterocycles. The molecular weight excluding hydrogens is 216 g/mol. The van der Waals surface area contributed by atoms with Gasteiger partial charge in [-0.25, -0.2) is 0 Å². The summed E-state index contributed by atoms with van der Waals surface area (Å²) in [4.78, 5) is 0. The van der Waals surface area contributed by atoms with Crippen LogP contribution in [0.4, 0.5) is 0 Å². The summed E-state index contributed by atoms with van der Waals surface area (Å²) in [6.45, 7) is 7.09. The fourth-order valence-electron chi connectivity index (χ4n) is 3.13. The zero-order valence-corrected chi connectivity index (χ0v) is 12.3. The van der Waals surface area contributed by atoms with E-state index in [1.54, 1.807) is 5.56 Å². The van der Waals surface area contributed by atoms with E-state index in [2.05, 4.69) is 45.0 Å². The molecule has 1 aliphatic rings. The van der Waals surface area contributed by atoms with Crippen molar-refractivity contribution in [2.24, 2.45) is 5.41 Å². The maximum atomic E-state index is 2.46. The summed E-state index contributed by atoms with van der Waals surface area (Å²) in [7, 11) is 0. The molecule has 1 aromatic rings. The first kappa shape index (κ1) is 13.6. The van der Waals surface area contributed by atoms with Crippen LogP contribution in [0.25, 0.3) is 0 Å². The molecule has 1 aromatic carbocycles. The second kappa shape index (κ2) is 5.91. The highest BCUT2D eigenvalue weighted by Crippen LogP contribution is 2.44. The number of rotatable bonds is 6. The zero-order valence-electron chi connectivity index (χ0n) is 12.3. The molecule has 1 fully saturated rings. The minimum atomic E-state index is 0.658. The minimum absolute atomic E-state index is 0.658. The molecule has 0 heteroatoms. The van der Waals surface area contributed by atoms with Crippen molar-refractivity contribution in [1.82, 2.24) is 0 Å². The van der Waals surface area contributed by atoms with Gasteiger partial charge in [0, 0.05) is 0 Å². The topological polar surface area (TPSA) is 0 Å². The first-order valence-corrected chi connectivity index (χ1v) is 7.72. The van der Waals surface area contributed by atoms with Gasteiger partial charge in [0.1, 0.15) is 0 Å². The van der Waals surface area contributed by atoms with Gasteiger partial charge in [0.05, 0.1) is 0 Å². The molecule has 0 radical (unpaired) electrons. The predicted molar refractivity (Wildman–Crippen MR) is 80.0 cm³/mol. The van der Waals surface area contributed by atoms with Crippen molar-refractivity contribution in [1.29, 1.82) is 0 Å². The smallest absolute Gasteiger partial charge is 0.0190 e. The van der Waals surface area contributed by atoms with Gasteiger partial charge in [-0.15, -0.1) is 0 Å². The summed E-state index contributed by atoms with van der Waals surface area (Å²) in [6.07, 6.45) is 9.56. The normalized spacial score (nSPS) is 19.3. The molecule has 0 amide bonds. The minimum Gasteiger partial charge on any atom is -0.0654 e. The van der Waals surface area contributed by atoms with Crippen LogP contribution in [0, 0.1) is 5.41 Å². The van der Waals surface area contributed by atoms with Gasteiger partial charge in [-0.1, -0.05) is 57.9 Å². The van der Waals surface area contributed by atoms with E-state index in [0.29, 0.717) is 11.3 Å². The van der Waals surface area contributed by atoms with Crippen molar-refractivity contribution in [2.45, 2.75) is 71.6 Å². The van der Waals surface area contributed by atoms with Gasteiger partial charge in [-0.2, -0.15) is 0 Å². The van der Waals surface area contributed by atoms with Gasteiger partial charge in [0.2, 0.25) is 0 Å². The molecule has 0 N–H and O–H groups in total. The molecule has 0 nitrogen and oxygen atoms in total. The van der Waals surface area contributed by atoms with Gasteiger partial charge in [0.25, 0.3) is 0 Å². The Morgan fingerprint density at radius 3 is 2.67 bits per heavy atom. The van der Waals surface area contributed by atoms with Crippen molar-refractivity contribution >= 4 is 0 Å². The lowest BCUT2D eigenvalue weighted by atomic mass is 9.67. The third-order valence-electron chi connectivity index (χ3n) is 4.82. The third kappa shape index (κ3) is 3.37. The maximum Gasteiger partial charge on any atom is -0.0190 e. The summed E-state index contributed by atoms with van der Waals surface area (Å²) in [5.41, 5.74) is 3.74. The second-order valence-corrected chi connectivity index (χ2v) is 6.60. The van der Waals surface area contributed by atoms with E-state index in [0.717, 1.165) is 0 Å². The Morgan fingerprint density at radius 2 is 2.06 bits per heavy atom. The van der Waals surface area contributed by atoms with E-state index in [9.17, 15) is 0 Å². The second-order valence-electron chi connectivity index (χ2n) is 6.60. The fourth-order valence-corrected chi connectivity index (χ4v) is 3.13. The van der Waals surface area contributed by atoms with Crippen LogP contribution in [-0.2, 0) is 6.42 Å². The molecule has 1 unspecified atom stereocenters. The number of benzene rings is 1. The van der Waals surface area contributed by atoms with Crippen molar-refractivity contribution in [3.63, 3.8) is 0 Å². The lowest BCUT2D eigenvalue weighted by molar-refractivity contribution is 0.147. The third-order valence-corrected chi connectivity index (χ3v) is 4.82. The summed E-state index contributed by atoms with van der Waals surface area (Å²) in [6, 6.07) is 9.31. The predicted octanol–water partition coefficient (Wildman–Crippen LogP) is 5.71. The molecule has 2 rings (SSSR count). The first-order valence-electron chi connectivity index (χ1n) is 7.72. The Labute approximate surface area is 113 Å². The average molecular weight is 244 g/mol. The molecule has 1 saturated carbocycles. The molecule has 0 spiro atoms. The highest BCUT2D eigenvalue weighted by atomic mass is 14.4. The summed E-state index contributed by atoms with van der Waals surface area (Å²) < 4.78 is 0. The molecule has 18 heavy (non-hydrogen) atoms. The molecule has 0 aliphatic heterocycles. The van der Waals surface area contributed by atoms with Gasteiger partial charge >= 0.3 is 0 Å². The van der Waals surface area contributed by atoms with E-state index in [-0.39, 0.29) is 0 Å². The van der Waals surface area contributed by atoms with E-state index in [1.165, 1.54) is 50.5 Å². The van der Waals surface area contributed by atoms with Crippen LogP contribution in [0.5, 0.6) is 0 Å². The van der Waals surface area contributed by atoms with Crippen LogP contribution in [0.3, 0.4) is 0 Å². The number of hydrogen-bond donors (Lipinski definition) is 0. The van der Waals surface area contributed by atoms with Crippen LogP contribution in [-0.4, -0.2) is 0 Å². The van der Waals surface area contributed by atoms with Gasteiger partial charge in [-0.05, 0) is 54.6 Å². The summed E-state index contributed by atoms with van der Waals surface area (Å²) in [5.74, 6) is 0.717. The van der Waals surface area contributed by atoms with E-state index in [4.69, 9.17) is 0 Å². The van der Waals surface area contributed by atoms with Crippen molar-refractivity contribution < 1.29 is 0 Å². The van der Waals surface area contributed by atoms with Gasteiger partial charge in [-0.3, -0.25) is 0 Å². The van der Waals surface area contributed by atoms with Crippen LogP contribution in [0.15, 0.2) is 24.3 Å². The van der Waals surface area contributed by atoms with Gasteiger partial charge in [0.15, 0.2) is 0 Å². The molecule has 1 atom stereocenters. The molecule has 0 saturated heterocycles. The molecular formula is C18H28. The Kier molecular flexibility index (Phi) is 4.48. The Bertz CT molecular complexity index is 373. The molecule has 0 heterocycles. The highest BCUT2D eigenvalue weighted by molar-refractivity contribution is 5.26. The molecule has 0 bridgehead atoms. The summed E-state index contributed by atoms with van der Waals surface area (Å²) in [5, 5.41) is 0. The lowest BCUT2D eigenvalue weighted by Gasteiger charge is -2.38. The molecule has 1 aliphatic carbocycles. The standard InChI is InChI=1S/C18H28/c1-4-7-15(2)17-9-5-8-16(14-17)10-13-18(3)11-6-12-18/h5,8-9,14-15H,4,6-7,10-13H2,1-3H3. The van der Waals surface area contributed by atoms with Crippen molar-refractivity contribution in [2.75, 3.05) is 0 Å². The van der Waals surface area contributed by atoms with E-state index >= 15 is 0 Å². The van der Waals surface area contributed by atoms with Crippen LogP contribution in [0.1, 0.15) is 76.3 Å². The maximum absolute atomic E-state index is 2.46. The Morgan fingerprint density at radius 1 is 1.28 bits per heavy atom. The monoisotopic (exact) mass is 244 g/mol. The largest absolute Gasteiger partial charge is 0.0654 e. The van der Waals surface area contributed by atoms with Crippen molar-refractivity contribution in [3.05, 3.63) is 35.4 Å². The Hall–Kier alpha value is -0.780. The van der Waals surface area contributed by atoms with Gasteiger partial charge < -0.3 is 0 Å². The van der Waals surface area contributed by atoms with Crippen LogP contribution < -0.4 is 0 Å². The highest BCUT2D eigenvalue weighted by Gasteiger charge is 2.30. The van der Waals surface area contributed by atoms with E-state index in [1.807, 2.05) is 0 Å². The SMILES string of the molecule is CCCC(C)c1cccc(CCC2(C)CCC2)c1. The molecule has 100 valence electrons. The number of aryl methyl sites for hydroxylation is 1. The Balaban J connectivity index is 1.94. The average Bonchev–Trinajstić information content (AvgIpc) is 2.35. The van der Waals surface area contributed by atoms with Crippen molar-refractivity contribution in [3.8, 4) is 0 Å². The van der Waals surface area contributed by atoms with Crippen LogP contribution >= 0.6 is 0 Å². The summed E-state index contributed by atoms with van der Waals surface area (Å²) >= 11 is 0. The zero-order chi connectivity index (χ0) is 13.0. The first-order chi connectivity index (χ1) is 8.63. The quantitative estimate of drug-likeness (QED) is 0.601. The fraction of sp³-hybridized carbons (Fsp3) is 0.667.